The van der Waals surface area contributed by atoms with Gasteiger partial charge >= 0.3 is 5.97 Å². The molecule has 0 amide bonds. The Morgan fingerprint density at radius 2 is 1.95 bits per heavy atom. The summed E-state index contributed by atoms with van der Waals surface area (Å²) in [5.74, 6) is 0.157. The minimum absolute atomic E-state index is 0.533. The average molecular weight is 290 g/mol. The predicted octanol–water partition coefficient (Wildman–Crippen LogP) is 4.30. The molecule has 0 heterocycles. The van der Waals surface area contributed by atoms with Crippen molar-refractivity contribution in [2.75, 3.05) is 6.61 Å². The fourth-order valence-corrected chi connectivity index (χ4v) is 2.24. The summed E-state index contributed by atoms with van der Waals surface area (Å²) in [6, 6.07) is 4.15. The van der Waals surface area contributed by atoms with Crippen LogP contribution in [0.3, 0.4) is 0 Å². The van der Waals surface area contributed by atoms with E-state index in [0.29, 0.717) is 13.0 Å². The lowest BCUT2D eigenvalue weighted by atomic mass is 9.88. The summed E-state index contributed by atoms with van der Waals surface area (Å²) in [5.41, 5.74) is 2.77. The van der Waals surface area contributed by atoms with Gasteiger partial charge in [0.2, 0.25) is 0 Å². The first-order valence-corrected chi connectivity index (χ1v) is 7.35. The highest BCUT2D eigenvalue weighted by molar-refractivity contribution is 5.73. The first-order valence-electron chi connectivity index (χ1n) is 7.35. The van der Waals surface area contributed by atoms with Crippen molar-refractivity contribution in [2.45, 2.75) is 47.0 Å². The molecular weight excluding hydrogens is 264 g/mol. The third-order valence-corrected chi connectivity index (χ3v) is 3.81. The van der Waals surface area contributed by atoms with E-state index in [4.69, 9.17) is 9.84 Å². The van der Waals surface area contributed by atoms with E-state index < -0.39 is 11.4 Å². The van der Waals surface area contributed by atoms with Crippen molar-refractivity contribution in [3.63, 3.8) is 0 Å². The quantitative estimate of drug-likeness (QED) is 0.573. The number of hydrogen-bond acceptors (Lipinski definition) is 2. The van der Waals surface area contributed by atoms with Crippen LogP contribution in [0.25, 0.3) is 0 Å². The van der Waals surface area contributed by atoms with Crippen LogP contribution in [-0.2, 0) is 11.2 Å². The van der Waals surface area contributed by atoms with Crippen LogP contribution in [0.1, 0.15) is 43.4 Å². The number of allylic oxidation sites excluding steroid dienone is 1. The maximum absolute atomic E-state index is 11.1. The van der Waals surface area contributed by atoms with Crippen molar-refractivity contribution in [1.29, 1.82) is 0 Å². The standard InChI is InChI=1S/C18H26O3/c1-6-8-15-13(2)9-10-14(3)16(15)21-12-7-11-18(4,5)17(19)20/h6,9-10H,1,7-8,11-12H2,2-5H3,(H,19,20). The normalized spacial score (nSPS) is 11.2. The molecule has 0 spiro atoms. The molecule has 116 valence electrons. The molecule has 1 N–H and O–H groups in total. The van der Waals surface area contributed by atoms with Crippen molar-refractivity contribution in [3.05, 3.63) is 41.5 Å². The van der Waals surface area contributed by atoms with Crippen LogP contribution < -0.4 is 4.74 Å². The zero-order valence-corrected chi connectivity index (χ0v) is 13.5. The fourth-order valence-electron chi connectivity index (χ4n) is 2.24. The molecule has 0 saturated carbocycles. The highest BCUT2D eigenvalue weighted by Gasteiger charge is 2.26. The van der Waals surface area contributed by atoms with Gasteiger partial charge in [0.15, 0.2) is 0 Å². The Morgan fingerprint density at radius 1 is 1.33 bits per heavy atom. The Hall–Kier alpha value is -1.77. The van der Waals surface area contributed by atoms with Gasteiger partial charge in [-0.1, -0.05) is 18.2 Å². The molecule has 1 aromatic carbocycles. The van der Waals surface area contributed by atoms with E-state index in [0.717, 1.165) is 24.2 Å². The molecule has 0 bridgehead atoms. The Balaban J connectivity index is 2.69. The van der Waals surface area contributed by atoms with Crippen molar-refractivity contribution < 1.29 is 14.6 Å². The van der Waals surface area contributed by atoms with Gasteiger partial charge in [-0.25, -0.2) is 0 Å². The summed E-state index contributed by atoms with van der Waals surface area (Å²) in [6.07, 6.45) is 3.98. The zero-order valence-electron chi connectivity index (χ0n) is 13.5. The van der Waals surface area contributed by atoms with Crippen LogP contribution in [0.4, 0.5) is 0 Å². The summed E-state index contributed by atoms with van der Waals surface area (Å²) in [6.45, 7) is 11.9. The third kappa shape index (κ3) is 4.62. The molecule has 1 aromatic rings. The monoisotopic (exact) mass is 290 g/mol. The first kappa shape index (κ1) is 17.3. The van der Waals surface area contributed by atoms with Gasteiger partial charge in [-0.3, -0.25) is 4.79 Å². The summed E-state index contributed by atoms with van der Waals surface area (Å²) >= 11 is 0. The number of rotatable bonds is 8. The lowest BCUT2D eigenvalue weighted by Gasteiger charge is -2.20. The lowest BCUT2D eigenvalue weighted by molar-refractivity contribution is -0.147. The van der Waals surface area contributed by atoms with Gasteiger partial charge in [0.1, 0.15) is 5.75 Å². The highest BCUT2D eigenvalue weighted by atomic mass is 16.5. The molecule has 0 aromatic heterocycles. The summed E-state index contributed by atoms with van der Waals surface area (Å²) in [5, 5.41) is 9.10. The molecular formula is C18H26O3. The number of carboxylic acids is 1. The number of aliphatic carboxylic acids is 1. The van der Waals surface area contributed by atoms with Crippen LogP contribution in [0.5, 0.6) is 5.75 Å². The van der Waals surface area contributed by atoms with Gasteiger partial charge in [0, 0.05) is 5.56 Å². The Morgan fingerprint density at radius 3 is 2.52 bits per heavy atom. The number of hydrogen-bond donors (Lipinski definition) is 1. The minimum atomic E-state index is -0.762. The molecule has 0 aliphatic rings. The van der Waals surface area contributed by atoms with Crippen LogP contribution in [0.15, 0.2) is 24.8 Å². The van der Waals surface area contributed by atoms with Crippen molar-refractivity contribution in [2.24, 2.45) is 5.41 Å². The van der Waals surface area contributed by atoms with E-state index >= 15 is 0 Å². The topological polar surface area (TPSA) is 46.5 Å². The van der Waals surface area contributed by atoms with Crippen LogP contribution in [0.2, 0.25) is 0 Å². The van der Waals surface area contributed by atoms with E-state index in [1.165, 1.54) is 11.1 Å². The molecule has 21 heavy (non-hydrogen) atoms. The van der Waals surface area contributed by atoms with Crippen molar-refractivity contribution in [1.82, 2.24) is 0 Å². The third-order valence-electron chi connectivity index (χ3n) is 3.81. The van der Waals surface area contributed by atoms with Gasteiger partial charge < -0.3 is 9.84 Å². The Labute approximate surface area is 127 Å². The van der Waals surface area contributed by atoms with E-state index in [-0.39, 0.29) is 0 Å². The zero-order chi connectivity index (χ0) is 16.0. The molecule has 0 unspecified atom stereocenters. The van der Waals surface area contributed by atoms with Crippen LogP contribution >= 0.6 is 0 Å². The minimum Gasteiger partial charge on any atom is -0.493 e. The second-order valence-corrected chi connectivity index (χ2v) is 6.14. The maximum atomic E-state index is 11.1. The van der Waals surface area contributed by atoms with E-state index in [1.54, 1.807) is 13.8 Å². The summed E-state index contributed by atoms with van der Waals surface area (Å²) in [7, 11) is 0. The number of carbonyl (C=O) groups is 1. The van der Waals surface area contributed by atoms with Crippen LogP contribution in [-0.4, -0.2) is 17.7 Å². The average Bonchev–Trinajstić information content (AvgIpc) is 2.41. The first-order chi connectivity index (χ1) is 9.79. The fraction of sp³-hybridized carbons (Fsp3) is 0.500. The number of aryl methyl sites for hydroxylation is 2. The SMILES string of the molecule is C=CCc1c(C)ccc(C)c1OCCCC(C)(C)C(=O)O. The van der Waals surface area contributed by atoms with E-state index in [9.17, 15) is 4.79 Å². The predicted molar refractivity (Wildman–Crippen MR) is 86.0 cm³/mol. The van der Waals surface area contributed by atoms with Gasteiger partial charge in [-0.2, -0.15) is 0 Å². The summed E-state index contributed by atoms with van der Waals surface area (Å²) < 4.78 is 5.94. The van der Waals surface area contributed by atoms with Gasteiger partial charge in [-0.15, -0.1) is 6.58 Å². The van der Waals surface area contributed by atoms with Crippen LogP contribution in [0, 0.1) is 19.3 Å². The molecule has 0 aliphatic heterocycles. The van der Waals surface area contributed by atoms with Gasteiger partial charge in [-0.05, 0) is 58.1 Å². The van der Waals surface area contributed by atoms with Crippen molar-refractivity contribution >= 4 is 5.97 Å². The van der Waals surface area contributed by atoms with E-state index in [1.807, 2.05) is 13.0 Å². The van der Waals surface area contributed by atoms with Gasteiger partial charge in [0.25, 0.3) is 0 Å². The molecule has 0 atom stereocenters. The number of ether oxygens (including phenoxy) is 1. The molecule has 3 heteroatoms. The lowest BCUT2D eigenvalue weighted by Crippen LogP contribution is -2.24. The molecule has 1 rings (SSSR count). The molecule has 0 aliphatic carbocycles. The Kier molecular flexibility index (Phi) is 6.01. The second-order valence-electron chi connectivity index (χ2n) is 6.14. The van der Waals surface area contributed by atoms with Gasteiger partial charge in [0.05, 0.1) is 12.0 Å². The molecule has 0 radical (unpaired) electrons. The molecule has 3 nitrogen and oxygen atoms in total. The second kappa shape index (κ2) is 7.30. The van der Waals surface area contributed by atoms with Crippen molar-refractivity contribution in [3.8, 4) is 5.75 Å². The number of benzene rings is 1. The summed E-state index contributed by atoms with van der Waals surface area (Å²) in [4.78, 5) is 11.1. The highest BCUT2D eigenvalue weighted by Crippen LogP contribution is 2.28. The number of carboxylic acid groups (broad SMARTS) is 1. The maximum Gasteiger partial charge on any atom is 0.309 e. The smallest absolute Gasteiger partial charge is 0.309 e. The molecule has 0 saturated heterocycles. The largest absolute Gasteiger partial charge is 0.493 e. The van der Waals surface area contributed by atoms with E-state index in [2.05, 4.69) is 25.6 Å². The molecule has 0 fully saturated rings. The Bertz CT molecular complexity index is 515.